The van der Waals surface area contributed by atoms with E-state index in [0.29, 0.717) is 25.2 Å². The minimum atomic E-state index is -4.06. The van der Waals surface area contributed by atoms with E-state index in [1.165, 1.54) is 23.5 Å². The topological polar surface area (TPSA) is 87.0 Å². The van der Waals surface area contributed by atoms with Crippen molar-refractivity contribution in [2.75, 3.05) is 6.61 Å². The van der Waals surface area contributed by atoms with Crippen LogP contribution in [-0.2, 0) is 10.1 Å². The van der Waals surface area contributed by atoms with Crippen molar-refractivity contribution in [2.24, 2.45) is 0 Å². The highest BCUT2D eigenvalue weighted by molar-refractivity contribution is 14.1. The van der Waals surface area contributed by atoms with Crippen molar-refractivity contribution in [1.82, 2.24) is 9.38 Å². The average molecular weight is 618 g/mol. The number of aryl methyl sites for hydroxylation is 1. The summed E-state index contributed by atoms with van der Waals surface area (Å²) < 4.78 is 39.6. The number of nitrogens with zero attached hydrogens (tertiary/aromatic N) is 2. The van der Waals surface area contributed by atoms with Gasteiger partial charge in [-0.3, -0.25) is 4.79 Å². The van der Waals surface area contributed by atoms with Crippen LogP contribution in [-0.4, -0.2) is 24.4 Å². The van der Waals surface area contributed by atoms with Crippen LogP contribution in [0.1, 0.15) is 18.1 Å². The third kappa shape index (κ3) is 4.53. The van der Waals surface area contributed by atoms with Crippen LogP contribution in [0, 0.1) is 10.5 Å². The summed E-state index contributed by atoms with van der Waals surface area (Å²) in [5, 5.41) is 0. The SMILES string of the molecule is CCOc1cc(/C=c2/sc3nc4ccccc4n3c2=O)cc(I)c1OS(=O)(=O)c1ccc(C)cc1. The van der Waals surface area contributed by atoms with Crippen LogP contribution in [0.4, 0.5) is 0 Å². The number of thiazole rings is 1. The lowest BCUT2D eigenvalue weighted by Crippen LogP contribution is -2.22. The van der Waals surface area contributed by atoms with Crippen LogP contribution in [0.5, 0.6) is 11.5 Å². The van der Waals surface area contributed by atoms with Crippen molar-refractivity contribution in [3.05, 3.63) is 90.2 Å². The third-order valence-electron chi connectivity index (χ3n) is 5.28. The average Bonchev–Trinajstić information content (AvgIpc) is 3.32. The van der Waals surface area contributed by atoms with Gasteiger partial charge in [0.25, 0.3) is 5.56 Å². The molecular weight excluding hydrogens is 599 g/mol. The molecule has 5 rings (SSSR count). The van der Waals surface area contributed by atoms with Crippen molar-refractivity contribution in [3.63, 3.8) is 0 Å². The highest BCUT2D eigenvalue weighted by atomic mass is 127. The van der Waals surface area contributed by atoms with E-state index >= 15 is 0 Å². The summed E-state index contributed by atoms with van der Waals surface area (Å²) in [4.78, 5) is 18.3. The van der Waals surface area contributed by atoms with Gasteiger partial charge in [0.05, 0.1) is 25.7 Å². The number of fused-ring (bicyclic) bond motifs is 3. The van der Waals surface area contributed by atoms with Gasteiger partial charge < -0.3 is 8.92 Å². The number of benzene rings is 3. The largest absolute Gasteiger partial charge is 0.490 e. The minimum Gasteiger partial charge on any atom is -0.490 e. The zero-order chi connectivity index (χ0) is 24.7. The van der Waals surface area contributed by atoms with Gasteiger partial charge in [-0.25, -0.2) is 9.38 Å². The Morgan fingerprint density at radius 2 is 1.86 bits per heavy atom. The minimum absolute atomic E-state index is 0.0575. The Balaban J connectivity index is 1.58. The summed E-state index contributed by atoms with van der Waals surface area (Å²) in [5.74, 6) is 0.389. The van der Waals surface area contributed by atoms with Gasteiger partial charge in [-0.15, -0.1) is 0 Å². The molecule has 2 heterocycles. The Morgan fingerprint density at radius 1 is 1.11 bits per heavy atom. The molecule has 0 unspecified atom stereocenters. The molecule has 178 valence electrons. The summed E-state index contributed by atoms with van der Waals surface area (Å²) in [6.45, 7) is 3.99. The molecule has 5 aromatic rings. The Bertz CT molecular complexity index is 1790. The molecule has 0 fully saturated rings. The fraction of sp³-hybridized carbons (Fsp3) is 0.120. The lowest BCUT2D eigenvalue weighted by atomic mass is 10.2. The van der Waals surface area contributed by atoms with Crippen LogP contribution in [0.3, 0.4) is 0 Å². The second-order valence-corrected chi connectivity index (χ2v) is 11.5. The van der Waals surface area contributed by atoms with E-state index in [1.54, 1.807) is 41.7 Å². The van der Waals surface area contributed by atoms with E-state index in [4.69, 9.17) is 8.92 Å². The zero-order valence-corrected chi connectivity index (χ0v) is 22.5. The van der Waals surface area contributed by atoms with Gasteiger partial charge in [0, 0.05) is 0 Å². The van der Waals surface area contributed by atoms with Crippen molar-refractivity contribution in [1.29, 1.82) is 0 Å². The molecule has 0 aliphatic rings. The molecule has 0 amide bonds. The molecule has 7 nitrogen and oxygen atoms in total. The first-order valence-corrected chi connectivity index (χ1v) is 14.0. The van der Waals surface area contributed by atoms with Crippen molar-refractivity contribution in [2.45, 2.75) is 18.7 Å². The number of halogens is 1. The smallest absolute Gasteiger partial charge is 0.339 e. The summed E-state index contributed by atoms with van der Waals surface area (Å²) >= 11 is 3.31. The standard InChI is InChI=1S/C25H19IN2O5S2/c1-3-32-21-13-16(12-18(26)23(21)33-35(30,31)17-10-8-15(2)9-11-17)14-22-24(29)28-20-7-5-4-6-19(20)27-25(28)34-22/h4-14H,3H2,1-2H3/b22-14+. The first kappa shape index (κ1) is 23.8. The van der Waals surface area contributed by atoms with Crippen molar-refractivity contribution in [3.8, 4) is 11.5 Å². The number of aromatic nitrogens is 2. The lowest BCUT2D eigenvalue weighted by molar-refractivity contribution is 0.327. The molecule has 0 saturated carbocycles. The van der Waals surface area contributed by atoms with Gasteiger partial charge in [0.2, 0.25) is 0 Å². The molecule has 0 N–H and O–H groups in total. The molecule has 3 aromatic carbocycles. The number of ether oxygens (including phenoxy) is 1. The Hall–Kier alpha value is -2.96. The van der Waals surface area contributed by atoms with Gasteiger partial charge in [-0.1, -0.05) is 41.2 Å². The second-order valence-electron chi connectivity index (χ2n) is 7.75. The van der Waals surface area contributed by atoms with Crippen LogP contribution >= 0.6 is 33.9 Å². The fourth-order valence-electron chi connectivity index (χ4n) is 3.64. The van der Waals surface area contributed by atoms with Crippen LogP contribution < -0.4 is 19.0 Å². The second kappa shape index (κ2) is 9.25. The predicted molar refractivity (Wildman–Crippen MR) is 145 cm³/mol. The number of hydrogen-bond donors (Lipinski definition) is 0. The maximum absolute atomic E-state index is 13.1. The van der Waals surface area contributed by atoms with Gasteiger partial charge >= 0.3 is 10.1 Å². The molecule has 0 aliphatic carbocycles. The van der Waals surface area contributed by atoms with E-state index in [-0.39, 0.29) is 22.0 Å². The van der Waals surface area contributed by atoms with E-state index in [2.05, 4.69) is 4.98 Å². The number of rotatable bonds is 6. The van der Waals surface area contributed by atoms with Crippen LogP contribution in [0.15, 0.2) is 70.4 Å². The molecule has 0 spiro atoms. The van der Waals surface area contributed by atoms with Crippen LogP contribution in [0.25, 0.3) is 22.1 Å². The quantitative estimate of drug-likeness (QED) is 0.205. The van der Waals surface area contributed by atoms with E-state index in [1.807, 2.05) is 53.8 Å². The first-order valence-electron chi connectivity index (χ1n) is 10.7. The van der Waals surface area contributed by atoms with Crippen molar-refractivity contribution < 1.29 is 17.3 Å². The molecule has 10 heteroatoms. The summed E-state index contributed by atoms with van der Waals surface area (Å²) in [7, 11) is -4.06. The Morgan fingerprint density at radius 3 is 2.60 bits per heavy atom. The summed E-state index contributed by atoms with van der Waals surface area (Å²) in [6.07, 6.45) is 1.75. The lowest BCUT2D eigenvalue weighted by Gasteiger charge is -2.14. The van der Waals surface area contributed by atoms with Gasteiger partial charge in [0.15, 0.2) is 16.5 Å². The first-order chi connectivity index (χ1) is 16.8. The molecule has 0 atom stereocenters. The maximum atomic E-state index is 13.1. The normalized spacial score (nSPS) is 12.5. The third-order valence-corrected chi connectivity index (χ3v) is 8.28. The molecular formula is C25H19IN2O5S2. The van der Waals surface area contributed by atoms with E-state index < -0.39 is 10.1 Å². The molecule has 0 bridgehead atoms. The van der Waals surface area contributed by atoms with Gasteiger partial charge in [0.1, 0.15) is 4.90 Å². The fourth-order valence-corrected chi connectivity index (χ4v) is 6.47. The van der Waals surface area contributed by atoms with Gasteiger partial charge in [-0.05, 0) is 84.5 Å². The number of para-hydroxylation sites is 2. The number of hydrogen-bond acceptors (Lipinski definition) is 7. The number of imidazole rings is 1. The highest BCUT2D eigenvalue weighted by Gasteiger charge is 2.22. The van der Waals surface area contributed by atoms with E-state index in [0.717, 1.165) is 16.6 Å². The van der Waals surface area contributed by atoms with E-state index in [9.17, 15) is 13.2 Å². The zero-order valence-electron chi connectivity index (χ0n) is 18.7. The molecule has 2 aromatic heterocycles. The molecule has 0 aliphatic heterocycles. The Labute approximate surface area is 218 Å². The maximum Gasteiger partial charge on any atom is 0.339 e. The monoisotopic (exact) mass is 618 g/mol. The highest BCUT2D eigenvalue weighted by Crippen LogP contribution is 2.36. The molecule has 0 radical (unpaired) electrons. The molecule has 0 saturated heterocycles. The molecule has 35 heavy (non-hydrogen) atoms. The predicted octanol–water partition coefficient (Wildman–Crippen LogP) is 4.54. The summed E-state index contributed by atoms with van der Waals surface area (Å²) in [5.41, 5.74) is 3.00. The van der Waals surface area contributed by atoms with Gasteiger partial charge in [-0.2, -0.15) is 8.42 Å². The van der Waals surface area contributed by atoms with Crippen LogP contribution in [0.2, 0.25) is 0 Å². The van der Waals surface area contributed by atoms with Crippen molar-refractivity contribution >= 4 is 66.1 Å². The Kier molecular flexibility index (Phi) is 6.28. The summed E-state index contributed by atoms with van der Waals surface area (Å²) in [6, 6.07) is 17.4.